The van der Waals surface area contributed by atoms with E-state index in [9.17, 15) is 0 Å². The number of hydrogen-bond donors (Lipinski definition) is 0. The fourth-order valence-electron chi connectivity index (χ4n) is 1.68. The Balaban J connectivity index is 0.000000163. The second-order valence-electron chi connectivity index (χ2n) is 4.03. The molecule has 0 aliphatic heterocycles. The lowest BCUT2D eigenvalue weighted by molar-refractivity contribution is 1.62. The maximum Gasteiger partial charge on any atom is 0.0175 e. The molecule has 0 amide bonds. The lowest BCUT2D eigenvalue weighted by Gasteiger charge is -1.98. The van der Waals surface area contributed by atoms with Crippen LogP contribution in [0.3, 0.4) is 0 Å². The molecular formula is C18H15Br. The topological polar surface area (TPSA) is 0 Å². The van der Waals surface area contributed by atoms with Crippen molar-refractivity contribution in [2.45, 2.75) is 0 Å². The van der Waals surface area contributed by atoms with Gasteiger partial charge < -0.3 is 0 Å². The van der Waals surface area contributed by atoms with Gasteiger partial charge in [-0.15, -0.1) is 0 Å². The first-order chi connectivity index (χ1) is 9.36. The smallest absolute Gasteiger partial charge is 0.0175 e. The summed E-state index contributed by atoms with van der Waals surface area (Å²) in [6.07, 6.45) is 0. The summed E-state index contributed by atoms with van der Waals surface area (Å²) in [7, 11) is 0. The minimum atomic E-state index is 1.13. The fourth-order valence-corrected chi connectivity index (χ4v) is 1.98. The second kappa shape index (κ2) is 7.55. The van der Waals surface area contributed by atoms with Crippen LogP contribution in [-0.4, -0.2) is 0 Å². The Labute approximate surface area is 122 Å². The van der Waals surface area contributed by atoms with Crippen LogP contribution in [0.5, 0.6) is 0 Å². The summed E-state index contributed by atoms with van der Waals surface area (Å²) in [4.78, 5) is 0. The Hall–Kier alpha value is -1.86. The highest BCUT2D eigenvalue weighted by Crippen LogP contribution is 2.17. The van der Waals surface area contributed by atoms with Crippen molar-refractivity contribution in [1.29, 1.82) is 0 Å². The molecule has 19 heavy (non-hydrogen) atoms. The van der Waals surface area contributed by atoms with E-state index in [1.54, 1.807) is 0 Å². The second-order valence-corrected chi connectivity index (χ2v) is 4.94. The van der Waals surface area contributed by atoms with Gasteiger partial charge in [-0.25, -0.2) is 0 Å². The molecule has 0 radical (unpaired) electrons. The molecule has 0 nitrogen and oxygen atoms in total. The summed E-state index contributed by atoms with van der Waals surface area (Å²) in [6.45, 7) is 0. The summed E-state index contributed by atoms with van der Waals surface area (Å²) in [6, 6.07) is 30.8. The minimum Gasteiger partial charge on any atom is -0.0622 e. The van der Waals surface area contributed by atoms with Gasteiger partial charge in [0.2, 0.25) is 0 Å². The lowest BCUT2D eigenvalue weighted by Crippen LogP contribution is -1.73. The monoisotopic (exact) mass is 310 g/mol. The molecule has 3 aromatic rings. The van der Waals surface area contributed by atoms with Gasteiger partial charge in [-0.1, -0.05) is 94.8 Å². The van der Waals surface area contributed by atoms with Gasteiger partial charge in [-0.2, -0.15) is 0 Å². The number of halogens is 1. The Bertz CT molecular complexity index is 536. The molecule has 0 bridgehead atoms. The Kier molecular flexibility index (Phi) is 5.39. The highest BCUT2D eigenvalue weighted by Gasteiger charge is 1.91. The third-order valence-electron chi connectivity index (χ3n) is 2.61. The van der Waals surface area contributed by atoms with Crippen molar-refractivity contribution in [3.05, 3.63) is 95.5 Å². The number of hydrogen-bond acceptors (Lipinski definition) is 0. The third kappa shape index (κ3) is 4.72. The van der Waals surface area contributed by atoms with Crippen LogP contribution in [0.25, 0.3) is 11.1 Å². The third-order valence-corrected chi connectivity index (χ3v) is 3.14. The van der Waals surface area contributed by atoms with Crippen LogP contribution in [0.1, 0.15) is 0 Å². The predicted octanol–water partition coefficient (Wildman–Crippen LogP) is 5.80. The van der Waals surface area contributed by atoms with Crippen LogP contribution in [0.4, 0.5) is 0 Å². The van der Waals surface area contributed by atoms with Gasteiger partial charge in [0.05, 0.1) is 0 Å². The lowest BCUT2D eigenvalue weighted by atomic mass is 10.1. The summed E-state index contributed by atoms with van der Waals surface area (Å²) in [5.41, 5.74) is 2.55. The van der Waals surface area contributed by atoms with Crippen LogP contribution < -0.4 is 0 Å². The van der Waals surface area contributed by atoms with Gasteiger partial charge in [-0.3, -0.25) is 0 Å². The quantitative estimate of drug-likeness (QED) is 0.532. The predicted molar refractivity (Wildman–Crippen MR) is 86.0 cm³/mol. The van der Waals surface area contributed by atoms with Crippen LogP contribution in [0.2, 0.25) is 0 Å². The van der Waals surface area contributed by atoms with E-state index in [0.29, 0.717) is 0 Å². The highest BCUT2D eigenvalue weighted by molar-refractivity contribution is 9.10. The van der Waals surface area contributed by atoms with E-state index in [1.807, 2.05) is 42.5 Å². The molecule has 94 valence electrons. The molecule has 0 unspecified atom stereocenters. The average molecular weight is 311 g/mol. The van der Waals surface area contributed by atoms with Crippen molar-refractivity contribution in [2.75, 3.05) is 0 Å². The van der Waals surface area contributed by atoms with E-state index in [0.717, 1.165) is 4.47 Å². The highest BCUT2D eigenvalue weighted by atomic mass is 79.9. The zero-order valence-corrected chi connectivity index (χ0v) is 12.1. The molecule has 0 aliphatic rings. The van der Waals surface area contributed by atoms with Crippen LogP contribution in [0.15, 0.2) is 95.5 Å². The molecule has 1 heteroatoms. The normalized spacial score (nSPS) is 9.32. The maximum absolute atomic E-state index is 3.31. The Morgan fingerprint density at radius 3 is 1.00 bits per heavy atom. The molecule has 0 heterocycles. The first-order valence-corrected chi connectivity index (χ1v) is 6.96. The van der Waals surface area contributed by atoms with Crippen molar-refractivity contribution in [3.63, 3.8) is 0 Å². The zero-order chi connectivity index (χ0) is 13.3. The van der Waals surface area contributed by atoms with Gasteiger partial charge in [0.15, 0.2) is 0 Å². The summed E-state index contributed by atoms with van der Waals surface area (Å²) < 4.78 is 1.13. The van der Waals surface area contributed by atoms with Crippen molar-refractivity contribution in [1.82, 2.24) is 0 Å². The van der Waals surface area contributed by atoms with Gasteiger partial charge in [-0.05, 0) is 23.3 Å². The average Bonchev–Trinajstić information content (AvgIpc) is 2.51. The van der Waals surface area contributed by atoms with Crippen LogP contribution in [0, 0.1) is 0 Å². The summed E-state index contributed by atoms with van der Waals surface area (Å²) in [5, 5.41) is 0. The number of rotatable bonds is 1. The molecule has 0 N–H and O–H groups in total. The first kappa shape index (κ1) is 13.6. The molecule has 0 atom stereocenters. The van der Waals surface area contributed by atoms with Crippen molar-refractivity contribution < 1.29 is 0 Å². The molecule has 0 aromatic heterocycles. The van der Waals surface area contributed by atoms with E-state index in [-0.39, 0.29) is 0 Å². The molecule has 3 aromatic carbocycles. The summed E-state index contributed by atoms with van der Waals surface area (Å²) >= 11 is 3.31. The van der Waals surface area contributed by atoms with Crippen molar-refractivity contribution in [2.24, 2.45) is 0 Å². The van der Waals surface area contributed by atoms with E-state index in [1.165, 1.54) is 11.1 Å². The SMILES string of the molecule is Brc1ccccc1.c1ccc(-c2ccccc2)cc1. The molecule has 0 fully saturated rings. The summed E-state index contributed by atoms with van der Waals surface area (Å²) in [5.74, 6) is 0. The maximum atomic E-state index is 3.31. The van der Waals surface area contributed by atoms with E-state index in [2.05, 4.69) is 64.5 Å². The Morgan fingerprint density at radius 2 is 0.737 bits per heavy atom. The van der Waals surface area contributed by atoms with Gasteiger partial charge >= 0.3 is 0 Å². The molecule has 3 rings (SSSR count). The van der Waals surface area contributed by atoms with Gasteiger partial charge in [0.25, 0.3) is 0 Å². The zero-order valence-electron chi connectivity index (χ0n) is 10.5. The minimum absolute atomic E-state index is 1.13. The standard InChI is InChI=1S/C12H10.C6H5Br/c1-3-7-11(8-4-1)12-9-5-2-6-10-12;7-6-4-2-1-3-5-6/h1-10H;1-5H. The largest absolute Gasteiger partial charge is 0.0622 e. The molecular weight excluding hydrogens is 296 g/mol. The molecule has 0 saturated carbocycles. The molecule has 0 spiro atoms. The van der Waals surface area contributed by atoms with Crippen LogP contribution >= 0.6 is 15.9 Å². The first-order valence-electron chi connectivity index (χ1n) is 6.17. The van der Waals surface area contributed by atoms with E-state index < -0.39 is 0 Å². The van der Waals surface area contributed by atoms with E-state index >= 15 is 0 Å². The fraction of sp³-hybridized carbons (Fsp3) is 0. The van der Waals surface area contributed by atoms with Crippen LogP contribution in [-0.2, 0) is 0 Å². The Morgan fingerprint density at radius 1 is 0.421 bits per heavy atom. The molecule has 0 saturated heterocycles. The van der Waals surface area contributed by atoms with Gasteiger partial charge in [0, 0.05) is 4.47 Å². The molecule has 0 aliphatic carbocycles. The van der Waals surface area contributed by atoms with Crippen molar-refractivity contribution >= 4 is 15.9 Å². The van der Waals surface area contributed by atoms with Crippen molar-refractivity contribution in [3.8, 4) is 11.1 Å². The van der Waals surface area contributed by atoms with E-state index in [4.69, 9.17) is 0 Å². The van der Waals surface area contributed by atoms with Gasteiger partial charge in [0.1, 0.15) is 0 Å². The number of benzene rings is 3.